The first kappa shape index (κ1) is 39.9. The van der Waals surface area contributed by atoms with Crippen LogP contribution < -0.4 is 15.5 Å². The molecule has 8 rings (SSSR count). The number of anilines is 2. The second kappa shape index (κ2) is 17.2. The monoisotopic (exact) mass is 800 g/mol. The SMILES string of the molecule is O=C1CC[C@@H](c2ccc(N3CCC(CN4CCN(Cc5ccc6c(c5)nc(NC(=O)c5cccc(C(F)(F)F)c5)n6C5CCC(CO)CC5)CC4)CC3)nc2)C(=O)N1. The van der Waals surface area contributed by atoms with Crippen molar-refractivity contribution < 1.29 is 32.7 Å². The highest BCUT2D eigenvalue weighted by Crippen LogP contribution is 2.37. The third-order valence-electron chi connectivity index (χ3n) is 12.6. The van der Waals surface area contributed by atoms with Crippen molar-refractivity contribution in [3.8, 4) is 0 Å². The number of aromatic nitrogens is 3. The van der Waals surface area contributed by atoms with Gasteiger partial charge < -0.3 is 19.5 Å². The lowest BCUT2D eigenvalue weighted by Gasteiger charge is -2.39. The van der Waals surface area contributed by atoms with E-state index < -0.39 is 17.6 Å². The molecular weight excluding hydrogens is 750 g/mol. The Hall–Kier alpha value is -4.86. The van der Waals surface area contributed by atoms with Crippen molar-refractivity contribution in [2.45, 2.75) is 76.0 Å². The van der Waals surface area contributed by atoms with Crippen molar-refractivity contribution in [3.05, 3.63) is 83.0 Å². The molecule has 1 atom stereocenters. The van der Waals surface area contributed by atoms with Crippen molar-refractivity contribution in [1.29, 1.82) is 0 Å². The molecular formula is C43H51F3N8O4. The summed E-state index contributed by atoms with van der Waals surface area (Å²) in [7, 11) is 0. The maximum Gasteiger partial charge on any atom is 0.416 e. The predicted molar refractivity (Wildman–Crippen MR) is 213 cm³/mol. The second-order valence-electron chi connectivity index (χ2n) is 16.5. The molecule has 0 spiro atoms. The van der Waals surface area contributed by atoms with E-state index in [0.717, 1.165) is 131 Å². The van der Waals surface area contributed by atoms with E-state index in [0.29, 0.717) is 24.7 Å². The lowest BCUT2D eigenvalue weighted by Crippen LogP contribution is -2.48. The van der Waals surface area contributed by atoms with E-state index >= 15 is 0 Å². The molecule has 1 aliphatic carbocycles. The molecule has 3 amide bonds. The van der Waals surface area contributed by atoms with E-state index in [4.69, 9.17) is 4.98 Å². The Balaban J connectivity index is 0.856. The summed E-state index contributed by atoms with van der Waals surface area (Å²) in [5.41, 5.74) is 2.58. The smallest absolute Gasteiger partial charge is 0.396 e. The number of amides is 3. The van der Waals surface area contributed by atoms with Crippen LogP contribution in [0.2, 0.25) is 0 Å². The van der Waals surface area contributed by atoms with Gasteiger partial charge in [0.15, 0.2) is 0 Å². The van der Waals surface area contributed by atoms with Gasteiger partial charge in [0.1, 0.15) is 5.82 Å². The van der Waals surface area contributed by atoms with Crippen LogP contribution in [-0.4, -0.2) is 99.6 Å². The van der Waals surface area contributed by atoms with Crippen molar-refractivity contribution >= 4 is 40.5 Å². The summed E-state index contributed by atoms with van der Waals surface area (Å²) in [5.74, 6) is 0.662. The summed E-state index contributed by atoms with van der Waals surface area (Å²) >= 11 is 0. The van der Waals surface area contributed by atoms with E-state index in [9.17, 15) is 32.7 Å². The zero-order valence-electron chi connectivity index (χ0n) is 32.6. The van der Waals surface area contributed by atoms with Crippen LogP contribution >= 0.6 is 0 Å². The average molecular weight is 801 g/mol. The normalized spacial score (nSPS) is 23.0. The fraction of sp³-hybridized carbons (Fsp3) is 0.512. The molecule has 1 saturated carbocycles. The van der Waals surface area contributed by atoms with Crippen LogP contribution in [-0.2, 0) is 22.3 Å². The molecule has 3 saturated heterocycles. The third-order valence-corrected chi connectivity index (χ3v) is 12.6. The number of alkyl halides is 3. The summed E-state index contributed by atoms with van der Waals surface area (Å²) in [6, 6.07) is 14.6. The first-order valence-corrected chi connectivity index (χ1v) is 20.6. The van der Waals surface area contributed by atoms with Gasteiger partial charge in [-0.1, -0.05) is 18.2 Å². The number of hydrogen-bond donors (Lipinski definition) is 3. The number of piperazine rings is 1. The van der Waals surface area contributed by atoms with Gasteiger partial charge in [-0.15, -0.1) is 0 Å². The highest BCUT2D eigenvalue weighted by atomic mass is 19.4. The molecule has 308 valence electrons. The number of nitrogens with one attached hydrogen (secondary N) is 2. The van der Waals surface area contributed by atoms with Gasteiger partial charge in [0.2, 0.25) is 17.8 Å². The van der Waals surface area contributed by atoms with E-state index in [1.807, 2.05) is 22.8 Å². The van der Waals surface area contributed by atoms with Gasteiger partial charge in [-0.2, -0.15) is 13.2 Å². The fourth-order valence-electron chi connectivity index (χ4n) is 9.20. The number of nitrogens with zero attached hydrogens (tertiary/aromatic N) is 6. The molecule has 0 unspecified atom stereocenters. The molecule has 2 aromatic carbocycles. The number of imidazole rings is 1. The Morgan fingerprint density at radius 2 is 1.62 bits per heavy atom. The molecule has 3 N–H and O–H groups in total. The number of pyridine rings is 1. The van der Waals surface area contributed by atoms with Gasteiger partial charge in [-0.3, -0.25) is 29.9 Å². The standard InChI is InChI=1S/C43H51F3N8O4/c44-43(45,46)33-3-1-2-31(23-33)40(57)50-42-48-36-22-30(6-11-37(36)54(42)34-8-4-29(27-55)5-9-34)26-52-20-18-51(19-21-52)25-28-14-16-53(17-15-28)38-12-7-32(24-47-38)35-10-13-39(56)49-41(35)58/h1-3,6-7,11-12,22-24,28-29,34-35,55H,4-5,8-10,13-21,25-27H2,(H,48,50,57)(H,49,56,58)/t29?,34?,35-/m0/s1. The molecule has 58 heavy (non-hydrogen) atoms. The number of halogens is 3. The highest BCUT2D eigenvalue weighted by molar-refractivity contribution is 6.04. The van der Waals surface area contributed by atoms with Crippen LogP contribution in [0.15, 0.2) is 60.8 Å². The molecule has 4 fully saturated rings. The number of benzene rings is 2. The fourth-order valence-corrected chi connectivity index (χ4v) is 9.20. The van der Waals surface area contributed by atoms with Crippen molar-refractivity contribution in [3.63, 3.8) is 0 Å². The Kier molecular flexibility index (Phi) is 11.8. The lowest BCUT2D eigenvalue weighted by atomic mass is 9.86. The zero-order valence-corrected chi connectivity index (χ0v) is 32.6. The van der Waals surface area contributed by atoms with Gasteiger partial charge in [-0.25, -0.2) is 9.97 Å². The zero-order chi connectivity index (χ0) is 40.4. The number of rotatable bonds is 10. The number of aliphatic hydroxyl groups is 1. The Labute approximate surface area is 335 Å². The number of fused-ring (bicyclic) bond motifs is 1. The number of piperidine rings is 2. The first-order valence-electron chi connectivity index (χ1n) is 20.6. The number of carbonyl (C=O) groups is 3. The predicted octanol–water partition coefficient (Wildman–Crippen LogP) is 5.98. The molecule has 2 aromatic heterocycles. The van der Waals surface area contributed by atoms with Crippen LogP contribution in [0, 0.1) is 11.8 Å². The minimum atomic E-state index is -4.56. The van der Waals surface area contributed by atoms with Gasteiger partial charge in [0, 0.05) is 83.2 Å². The molecule has 0 radical (unpaired) electrons. The second-order valence-corrected chi connectivity index (χ2v) is 16.5. The number of hydrogen-bond acceptors (Lipinski definition) is 9. The number of aliphatic hydroxyl groups excluding tert-OH is 1. The van der Waals surface area contributed by atoms with Crippen LogP contribution in [0.1, 0.15) is 90.4 Å². The highest BCUT2D eigenvalue weighted by Gasteiger charge is 2.32. The quantitative estimate of drug-likeness (QED) is 0.166. The van der Waals surface area contributed by atoms with Crippen LogP contribution in [0.25, 0.3) is 11.0 Å². The minimum Gasteiger partial charge on any atom is -0.396 e. The topological polar surface area (TPSA) is 136 Å². The van der Waals surface area contributed by atoms with Gasteiger partial charge in [-0.05, 0) is 104 Å². The van der Waals surface area contributed by atoms with E-state index in [2.05, 4.69) is 42.5 Å². The summed E-state index contributed by atoms with van der Waals surface area (Å²) in [5, 5.41) is 15.0. The van der Waals surface area contributed by atoms with Gasteiger partial charge in [0.05, 0.1) is 22.5 Å². The Morgan fingerprint density at radius 3 is 2.31 bits per heavy atom. The van der Waals surface area contributed by atoms with Gasteiger partial charge >= 0.3 is 6.18 Å². The summed E-state index contributed by atoms with van der Waals surface area (Å²) in [6.07, 6.45) is 3.55. The van der Waals surface area contributed by atoms with Crippen LogP contribution in [0.5, 0.6) is 0 Å². The lowest BCUT2D eigenvalue weighted by molar-refractivity contribution is -0.138. The maximum atomic E-state index is 13.4. The summed E-state index contributed by atoms with van der Waals surface area (Å²) in [4.78, 5) is 54.0. The largest absolute Gasteiger partial charge is 0.416 e. The average Bonchev–Trinajstić information content (AvgIpc) is 3.58. The Morgan fingerprint density at radius 1 is 0.862 bits per heavy atom. The first-order chi connectivity index (χ1) is 28.0. The van der Waals surface area contributed by atoms with Crippen LogP contribution in [0.4, 0.5) is 24.9 Å². The molecule has 12 nitrogen and oxygen atoms in total. The van der Waals surface area contributed by atoms with Crippen molar-refractivity contribution in [2.75, 3.05) is 62.6 Å². The van der Waals surface area contributed by atoms with Gasteiger partial charge in [0.25, 0.3) is 5.91 Å². The molecule has 5 heterocycles. The molecule has 0 bridgehead atoms. The molecule has 3 aliphatic heterocycles. The minimum absolute atomic E-state index is 0.0332. The van der Waals surface area contributed by atoms with Crippen LogP contribution in [0.3, 0.4) is 0 Å². The number of carbonyl (C=O) groups excluding carboxylic acids is 3. The van der Waals surface area contributed by atoms with Crippen molar-refractivity contribution in [2.24, 2.45) is 11.8 Å². The summed E-state index contributed by atoms with van der Waals surface area (Å²) < 4.78 is 42.3. The number of imide groups is 1. The Bertz CT molecular complexity index is 2100. The van der Waals surface area contributed by atoms with Crippen molar-refractivity contribution in [1.82, 2.24) is 29.7 Å². The molecule has 15 heteroatoms. The maximum absolute atomic E-state index is 13.4. The van der Waals surface area contributed by atoms with E-state index in [1.165, 1.54) is 12.1 Å². The third kappa shape index (κ3) is 9.06. The summed E-state index contributed by atoms with van der Waals surface area (Å²) in [6.45, 7) is 7.72. The molecule has 4 aromatic rings. The van der Waals surface area contributed by atoms with E-state index in [-0.39, 0.29) is 41.9 Å². The molecule has 4 aliphatic rings. The van der Waals surface area contributed by atoms with E-state index in [1.54, 1.807) is 6.20 Å².